The minimum absolute atomic E-state index is 0.00465. The summed E-state index contributed by atoms with van der Waals surface area (Å²) in [6.07, 6.45) is 5.89. The van der Waals surface area contributed by atoms with Crippen molar-refractivity contribution in [2.45, 2.75) is 31.9 Å². The molecule has 1 aromatic carbocycles. The lowest BCUT2D eigenvalue weighted by Gasteiger charge is -2.11. The molecule has 9 nitrogen and oxygen atoms in total. The largest absolute Gasteiger partial charge is 0.496 e. The monoisotopic (exact) mass is 406 g/mol. The summed E-state index contributed by atoms with van der Waals surface area (Å²) in [5, 5.41) is 8.58. The number of hydrogen-bond acceptors (Lipinski definition) is 7. The van der Waals surface area contributed by atoms with Crippen LogP contribution in [0.3, 0.4) is 0 Å². The van der Waals surface area contributed by atoms with Crippen molar-refractivity contribution in [2.24, 2.45) is 0 Å². The van der Waals surface area contributed by atoms with Gasteiger partial charge >= 0.3 is 0 Å². The lowest BCUT2D eigenvalue weighted by Crippen LogP contribution is -2.20. The maximum absolute atomic E-state index is 12.5. The van der Waals surface area contributed by atoms with Crippen LogP contribution in [0.25, 0.3) is 11.0 Å². The summed E-state index contributed by atoms with van der Waals surface area (Å²) in [7, 11) is -2.06. The number of rotatable bonds is 8. The first-order valence-electron chi connectivity index (χ1n) is 9.10. The maximum Gasteiger partial charge on any atom is 0.234 e. The molecule has 4 rings (SSSR count). The minimum atomic E-state index is -3.58. The Morgan fingerprint density at radius 1 is 1.39 bits per heavy atom. The smallest absolute Gasteiger partial charge is 0.234 e. The van der Waals surface area contributed by atoms with Crippen LogP contribution in [0, 0.1) is 0 Å². The van der Waals surface area contributed by atoms with Crippen molar-refractivity contribution >= 4 is 26.8 Å². The molecule has 0 bridgehead atoms. The Balaban J connectivity index is 1.55. The number of aromatic nitrogens is 3. The van der Waals surface area contributed by atoms with Gasteiger partial charge in [-0.15, -0.1) is 0 Å². The molecular formula is C18H22N4O5S. The van der Waals surface area contributed by atoms with E-state index in [1.54, 1.807) is 16.9 Å². The lowest BCUT2D eigenvalue weighted by atomic mass is 10.1. The van der Waals surface area contributed by atoms with Crippen molar-refractivity contribution in [3.63, 3.8) is 0 Å². The fourth-order valence-corrected chi connectivity index (χ4v) is 4.46. The van der Waals surface area contributed by atoms with Crippen molar-refractivity contribution in [1.82, 2.24) is 14.9 Å². The molecule has 0 radical (unpaired) electrons. The number of sulfonamides is 1. The molecule has 1 N–H and O–H groups in total. The van der Waals surface area contributed by atoms with Gasteiger partial charge in [-0.1, -0.05) is 5.16 Å². The minimum Gasteiger partial charge on any atom is -0.496 e. The third kappa shape index (κ3) is 4.12. The van der Waals surface area contributed by atoms with Gasteiger partial charge in [0.1, 0.15) is 11.1 Å². The number of ether oxygens (including phenoxy) is 2. The van der Waals surface area contributed by atoms with Crippen LogP contribution in [-0.2, 0) is 21.3 Å². The highest BCUT2D eigenvalue weighted by Gasteiger charge is 2.23. The highest BCUT2D eigenvalue weighted by Crippen LogP contribution is 2.34. The maximum atomic E-state index is 12.5. The van der Waals surface area contributed by atoms with E-state index in [1.807, 2.05) is 18.3 Å². The fraction of sp³-hybridized carbons (Fsp3) is 0.444. The molecule has 1 saturated heterocycles. The first-order chi connectivity index (χ1) is 13.5. The molecule has 1 unspecified atom stereocenters. The van der Waals surface area contributed by atoms with E-state index in [4.69, 9.17) is 14.0 Å². The van der Waals surface area contributed by atoms with Gasteiger partial charge in [-0.05, 0) is 43.0 Å². The van der Waals surface area contributed by atoms with Crippen molar-refractivity contribution in [1.29, 1.82) is 0 Å². The topological polar surface area (TPSA) is 108 Å². The molecule has 0 amide bonds. The zero-order valence-electron chi connectivity index (χ0n) is 15.5. The van der Waals surface area contributed by atoms with E-state index in [1.165, 1.54) is 7.11 Å². The molecule has 10 heteroatoms. The first-order valence-corrected chi connectivity index (χ1v) is 10.7. The second kappa shape index (κ2) is 7.80. The highest BCUT2D eigenvalue weighted by atomic mass is 32.2. The number of methoxy groups -OCH3 is 1. The van der Waals surface area contributed by atoms with Crippen molar-refractivity contribution in [3.05, 3.63) is 36.2 Å². The molecule has 0 aliphatic carbocycles. The molecule has 28 heavy (non-hydrogen) atoms. The zero-order valence-corrected chi connectivity index (χ0v) is 16.3. The van der Waals surface area contributed by atoms with Gasteiger partial charge in [-0.25, -0.2) is 8.42 Å². The van der Waals surface area contributed by atoms with E-state index in [0.29, 0.717) is 36.3 Å². The molecule has 1 aliphatic heterocycles. The Morgan fingerprint density at radius 2 is 2.29 bits per heavy atom. The number of anilines is 1. The summed E-state index contributed by atoms with van der Waals surface area (Å²) < 4.78 is 45.6. The van der Waals surface area contributed by atoms with Crippen LogP contribution in [0.5, 0.6) is 5.75 Å². The van der Waals surface area contributed by atoms with Crippen LogP contribution in [-0.4, -0.2) is 48.9 Å². The summed E-state index contributed by atoms with van der Waals surface area (Å²) in [6, 6.07) is 5.47. The third-order valence-corrected chi connectivity index (χ3v) is 5.98. The van der Waals surface area contributed by atoms with E-state index in [2.05, 4.69) is 15.0 Å². The van der Waals surface area contributed by atoms with Crippen LogP contribution in [0.2, 0.25) is 0 Å². The van der Waals surface area contributed by atoms with Gasteiger partial charge in [0.25, 0.3) is 0 Å². The van der Waals surface area contributed by atoms with E-state index < -0.39 is 10.0 Å². The van der Waals surface area contributed by atoms with E-state index in [-0.39, 0.29) is 17.7 Å². The molecule has 0 spiro atoms. The van der Waals surface area contributed by atoms with Gasteiger partial charge in [0.15, 0.2) is 11.4 Å². The molecule has 3 heterocycles. The number of hydrogen-bond donors (Lipinski definition) is 1. The predicted octanol–water partition coefficient (Wildman–Crippen LogP) is 2.39. The molecule has 2 aromatic heterocycles. The van der Waals surface area contributed by atoms with Crippen LogP contribution < -0.4 is 9.46 Å². The molecule has 150 valence electrons. The summed E-state index contributed by atoms with van der Waals surface area (Å²) in [5.74, 6) is 0.577. The predicted molar refractivity (Wildman–Crippen MR) is 103 cm³/mol. The van der Waals surface area contributed by atoms with Crippen molar-refractivity contribution in [3.8, 4) is 5.75 Å². The van der Waals surface area contributed by atoms with E-state index >= 15 is 0 Å². The van der Waals surface area contributed by atoms with Crippen molar-refractivity contribution < 1.29 is 22.4 Å². The van der Waals surface area contributed by atoms with Gasteiger partial charge in [0, 0.05) is 19.0 Å². The Hall–Kier alpha value is -2.59. The quantitative estimate of drug-likeness (QED) is 0.612. The average molecular weight is 406 g/mol. The fourth-order valence-electron chi connectivity index (χ4n) is 3.35. The lowest BCUT2D eigenvalue weighted by molar-refractivity contribution is 0.109. The summed E-state index contributed by atoms with van der Waals surface area (Å²) in [4.78, 5) is 0. The Kier molecular flexibility index (Phi) is 5.23. The standard InChI is InChI=1S/C18H22N4O5S/c1-25-15-10-13(12-22-7-3-6-19-22)11-16-17(15)18(20-27-16)21-28(23,24)9-5-14-4-2-8-26-14/h3,6-7,10-11,14H,2,4-5,8-9,12H2,1H3,(H,20,21). The van der Waals surface area contributed by atoms with Crippen LogP contribution in [0.4, 0.5) is 5.82 Å². The van der Waals surface area contributed by atoms with Crippen LogP contribution in [0.1, 0.15) is 24.8 Å². The second-order valence-electron chi connectivity index (χ2n) is 6.75. The summed E-state index contributed by atoms with van der Waals surface area (Å²) in [5.41, 5.74) is 1.34. The van der Waals surface area contributed by atoms with Gasteiger partial charge in [-0.2, -0.15) is 5.10 Å². The number of fused-ring (bicyclic) bond motifs is 1. The normalized spacial score (nSPS) is 17.2. The third-order valence-electron chi connectivity index (χ3n) is 4.71. The summed E-state index contributed by atoms with van der Waals surface area (Å²) >= 11 is 0. The van der Waals surface area contributed by atoms with Gasteiger partial charge in [0.05, 0.1) is 25.5 Å². The number of nitrogens with zero attached hydrogens (tertiary/aromatic N) is 3. The molecule has 1 fully saturated rings. The SMILES string of the molecule is COc1cc(Cn2cccn2)cc2onc(NS(=O)(=O)CCC3CCCO3)c12. The molecular weight excluding hydrogens is 384 g/mol. The van der Waals surface area contributed by atoms with E-state index in [0.717, 1.165) is 18.4 Å². The van der Waals surface area contributed by atoms with Crippen LogP contribution >= 0.6 is 0 Å². The average Bonchev–Trinajstić information content (AvgIpc) is 3.42. The number of nitrogens with one attached hydrogen (secondary N) is 1. The molecule has 1 atom stereocenters. The Bertz CT molecular complexity index is 1040. The molecule has 0 saturated carbocycles. The van der Waals surface area contributed by atoms with Crippen molar-refractivity contribution in [2.75, 3.05) is 24.2 Å². The summed E-state index contributed by atoms with van der Waals surface area (Å²) in [6.45, 7) is 1.23. The van der Waals surface area contributed by atoms with Gasteiger partial charge < -0.3 is 14.0 Å². The zero-order chi connectivity index (χ0) is 19.6. The number of benzene rings is 1. The van der Waals surface area contributed by atoms with Gasteiger partial charge in [-0.3, -0.25) is 9.40 Å². The second-order valence-corrected chi connectivity index (χ2v) is 8.59. The molecule has 1 aliphatic rings. The van der Waals surface area contributed by atoms with Gasteiger partial charge in [0.2, 0.25) is 10.0 Å². The highest BCUT2D eigenvalue weighted by molar-refractivity contribution is 7.92. The van der Waals surface area contributed by atoms with E-state index in [9.17, 15) is 8.42 Å². The first kappa shape index (κ1) is 18.8. The Morgan fingerprint density at radius 3 is 3.00 bits per heavy atom. The molecule has 3 aromatic rings. The Labute approximate surface area is 162 Å². The van der Waals surface area contributed by atoms with Crippen LogP contribution in [0.15, 0.2) is 35.1 Å².